The smallest absolute Gasteiger partial charge is 0.261 e. The van der Waals surface area contributed by atoms with E-state index in [1.165, 1.54) is 11.3 Å². The summed E-state index contributed by atoms with van der Waals surface area (Å²) >= 11 is 1.32. The Hall–Kier alpha value is -2.18. The van der Waals surface area contributed by atoms with E-state index in [4.69, 9.17) is 0 Å². The number of carbonyl (C=O) groups excluding carboxylic acids is 2. The van der Waals surface area contributed by atoms with Gasteiger partial charge in [0.05, 0.1) is 17.5 Å². The molecule has 0 saturated carbocycles. The molecule has 2 amide bonds. The van der Waals surface area contributed by atoms with E-state index in [1.54, 1.807) is 17.5 Å². The Bertz CT molecular complexity index is 641. The third-order valence-corrected chi connectivity index (χ3v) is 4.06. The van der Waals surface area contributed by atoms with Crippen LogP contribution in [0.3, 0.4) is 0 Å². The summed E-state index contributed by atoms with van der Waals surface area (Å²) in [7, 11) is 0. The molecule has 3 N–H and O–H groups in total. The van der Waals surface area contributed by atoms with Crippen molar-refractivity contribution in [2.75, 3.05) is 13.1 Å². The van der Waals surface area contributed by atoms with Gasteiger partial charge in [0.2, 0.25) is 5.91 Å². The Morgan fingerprint density at radius 3 is 2.64 bits per heavy atom. The number of carbonyl (C=O) groups is 2. The zero-order valence-corrected chi connectivity index (χ0v) is 13.0. The summed E-state index contributed by atoms with van der Waals surface area (Å²) in [5.41, 5.74) is 1.75. The van der Waals surface area contributed by atoms with Crippen LogP contribution in [0.4, 0.5) is 0 Å². The zero-order chi connectivity index (χ0) is 15.9. The molecule has 0 aliphatic carbocycles. The highest BCUT2D eigenvalue weighted by Crippen LogP contribution is 2.16. The van der Waals surface area contributed by atoms with E-state index >= 15 is 0 Å². The normalized spacial score (nSPS) is 11.7. The highest BCUT2D eigenvalue weighted by atomic mass is 32.1. The monoisotopic (exact) mass is 318 g/mol. The zero-order valence-electron chi connectivity index (χ0n) is 12.2. The lowest BCUT2D eigenvalue weighted by atomic mass is 10.0. The van der Waals surface area contributed by atoms with Crippen LogP contribution in [-0.2, 0) is 4.79 Å². The average Bonchev–Trinajstić information content (AvgIpc) is 3.05. The van der Waals surface area contributed by atoms with Gasteiger partial charge in [-0.3, -0.25) is 9.59 Å². The van der Waals surface area contributed by atoms with Crippen molar-refractivity contribution in [3.05, 3.63) is 57.8 Å². The molecular weight excluding hydrogens is 300 g/mol. The fraction of sp³-hybridized carbons (Fsp3) is 0.250. The molecule has 5 nitrogen and oxygen atoms in total. The highest BCUT2D eigenvalue weighted by Gasteiger charge is 2.12. The Balaban J connectivity index is 1.76. The van der Waals surface area contributed by atoms with Gasteiger partial charge in [0.25, 0.3) is 5.91 Å². The van der Waals surface area contributed by atoms with Crippen molar-refractivity contribution in [2.24, 2.45) is 0 Å². The Morgan fingerprint density at radius 1 is 1.18 bits per heavy atom. The molecule has 2 rings (SSSR count). The third-order valence-electron chi connectivity index (χ3n) is 3.19. The maximum Gasteiger partial charge on any atom is 0.261 e. The quantitative estimate of drug-likeness (QED) is 0.757. The second kappa shape index (κ2) is 7.72. The van der Waals surface area contributed by atoms with E-state index in [0.717, 1.165) is 11.1 Å². The van der Waals surface area contributed by atoms with Crippen molar-refractivity contribution in [1.82, 2.24) is 10.6 Å². The van der Waals surface area contributed by atoms with Crippen LogP contribution in [0.1, 0.15) is 26.9 Å². The summed E-state index contributed by atoms with van der Waals surface area (Å²) in [5.74, 6) is -0.609. The molecule has 0 bridgehead atoms. The van der Waals surface area contributed by atoms with Crippen LogP contribution < -0.4 is 10.6 Å². The molecular formula is C16H18N2O3S. The molecule has 0 spiro atoms. The summed E-state index contributed by atoms with van der Waals surface area (Å²) < 4.78 is 0. The highest BCUT2D eigenvalue weighted by molar-refractivity contribution is 7.12. The lowest BCUT2D eigenvalue weighted by molar-refractivity contribution is -0.120. The van der Waals surface area contributed by atoms with Crippen molar-refractivity contribution >= 4 is 23.2 Å². The third kappa shape index (κ3) is 4.41. The molecule has 0 aliphatic heterocycles. The summed E-state index contributed by atoms with van der Waals surface area (Å²) in [6.07, 6.45) is -0.766. The van der Waals surface area contributed by atoms with Crippen molar-refractivity contribution in [2.45, 2.75) is 13.0 Å². The van der Waals surface area contributed by atoms with E-state index in [9.17, 15) is 14.7 Å². The van der Waals surface area contributed by atoms with E-state index in [-0.39, 0.29) is 24.9 Å². The number of amides is 2. The lowest BCUT2D eigenvalue weighted by Crippen LogP contribution is -2.38. The number of aryl methyl sites for hydroxylation is 1. The second-order valence-electron chi connectivity index (χ2n) is 4.84. The van der Waals surface area contributed by atoms with Crippen LogP contribution in [0.2, 0.25) is 0 Å². The molecule has 116 valence electrons. The predicted octanol–water partition coefficient (Wildman–Crippen LogP) is 1.64. The minimum Gasteiger partial charge on any atom is -0.387 e. The number of hydrogen-bond acceptors (Lipinski definition) is 4. The summed E-state index contributed by atoms with van der Waals surface area (Å²) in [6.45, 7) is 1.90. The standard InChI is InChI=1S/C16H18N2O3S/c1-11-5-2-3-6-12(11)13(19)9-17-15(20)10-18-16(21)14-7-4-8-22-14/h2-8,13,19H,9-10H2,1H3,(H,17,20)(H,18,21). The fourth-order valence-electron chi connectivity index (χ4n) is 2.00. The van der Waals surface area contributed by atoms with Gasteiger partial charge in [-0.15, -0.1) is 11.3 Å². The first-order chi connectivity index (χ1) is 10.6. The first kappa shape index (κ1) is 16.2. The first-order valence-corrected chi connectivity index (χ1v) is 7.78. The van der Waals surface area contributed by atoms with Gasteiger partial charge in [-0.25, -0.2) is 0 Å². The summed E-state index contributed by atoms with van der Waals surface area (Å²) in [5, 5.41) is 17.0. The van der Waals surface area contributed by atoms with Gasteiger partial charge in [-0.05, 0) is 29.5 Å². The van der Waals surface area contributed by atoms with Crippen LogP contribution in [-0.4, -0.2) is 30.0 Å². The molecule has 0 radical (unpaired) electrons. The average molecular weight is 318 g/mol. The number of rotatable bonds is 6. The van der Waals surface area contributed by atoms with Crippen LogP contribution >= 0.6 is 11.3 Å². The van der Waals surface area contributed by atoms with Crippen molar-refractivity contribution in [3.8, 4) is 0 Å². The van der Waals surface area contributed by atoms with Crippen molar-refractivity contribution < 1.29 is 14.7 Å². The molecule has 1 heterocycles. The molecule has 1 atom stereocenters. The van der Waals surface area contributed by atoms with Crippen molar-refractivity contribution in [3.63, 3.8) is 0 Å². The number of thiophene rings is 1. The van der Waals surface area contributed by atoms with Crippen LogP contribution in [0.5, 0.6) is 0 Å². The minimum atomic E-state index is -0.766. The maximum absolute atomic E-state index is 11.7. The van der Waals surface area contributed by atoms with Gasteiger partial charge in [0.15, 0.2) is 0 Å². The lowest BCUT2D eigenvalue weighted by Gasteiger charge is -2.14. The SMILES string of the molecule is Cc1ccccc1C(O)CNC(=O)CNC(=O)c1cccs1. The Kier molecular flexibility index (Phi) is 5.68. The number of hydrogen-bond donors (Lipinski definition) is 3. The predicted molar refractivity (Wildman–Crippen MR) is 85.8 cm³/mol. The van der Waals surface area contributed by atoms with E-state index in [0.29, 0.717) is 4.88 Å². The molecule has 0 saturated heterocycles. The van der Waals surface area contributed by atoms with Gasteiger partial charge in [-0.1, -0.05) is 30.3 Å². The van der Waals surface area contributed by atoms with Gasteiger partial charge in [0.1, 0.15) is 0 Å². The van der Waals surface area contributed by atoms with Gasteiger partial charge >= 0.3 is 0 Å². The summed E-state index contributed by atoms with van der Waals surface area (Å²) in [6, 6.07) is 10.9. The molecule has 0 aliphatic rings. The van der Waals surface area contributed by atoms with Crippen LogP contribution in [0, 0.1) is 6.92 Å². The minimum absolute atomic E-state index is 0.110. The second-order valence-corrected chi connectivity index (χ2v) is 5.78. The molecule has 1 aromatic carbocycles. The Morgan fingerprint density at radius 2 is 1.95 bits per heavy atom. The molecule has 0 fully saturated rings. The van der Waals surface area contributed by atoms with Crippen molar-refractivity contribution in [1.29, 1.82) is 0 Å². The number of nitrogens with one attached hydrogen (secondary N) is 2. The van der Waals surface area contributed by atoms with E-state index in [2.05, 4.69) is 10.6 Å². The molecule has 1 aromatic heterocycles. The van der Waals surface area contributed by atoms with Crippen LogP contribution in [0.25, 0.3) is 0 Å². The van der Waals surface area contributed by atoms with Gasteiger partial charge < -0.3 is 15.7 Å². The van der Waals surface area contributed by atoms with E-state index in [1.807, 2.05) is 31.2 Å². The van der Waals surface area contributed by atoms with Gasteiger partial charge in [-0.2, -0.15) is 0 Å². The molecule has 2 aromatic rings. The number of aliphatic hydroxyl groups is 1. The topological polar surface area (TPSA) is 78.4 Å². The molecule has 6 heteroatoms. The first-order valence-electron chi connectivity index (χ1n) is 6.90. The number of benzene rings is 1. The maximum atomic E-state index is 11.7. The largest absolute Gasteiger partial charge is 0.387 e. The van der Waals surface area contributed by atoms with E-state index < -0.39 is 6.10 Å². The Labute approximate surface area is 133 Å². The number of aliphatic hydroxyl groups excluding tert-OH is 1. The van der Waals surface area contributed by atoms with Gasteiger partial charge in [0, 0.05) is 6.54 Å². The molecule has 1 unspecified atom stereocenters. The fourth-order valence-corrected chi connectivity index (χ4v) is 2.64. The molecule has 22 heavy (non-hydrogen) atoms. The summed E-state index contributed by atoms with van der Waals surface area (Å²) in [4.78, 5) is 24.0. The van der Waals surface area contributed by atoms with Crippen LogP contribution in [0.15, 0.2) is 41.8 Å².